The molecule has 4 heterocycles. The number of hydrogen-bond acceptors (Lipinski definition) is 7. The third-order valence-corrected chi connectivity index (χ3v) is 5.12. The predicted octanol–water partition coefficient (Wildman–Crippen LogP) is 1.11. The Morgan fingerprint density at radius 2 is 2.17 bits per heavy atom. The molecule has 7 nitrogen and oxygen atoms in total. The molecule has 0 unspecified atom stereocenters. The van der Waals surface area contributed by atoms with E-state index < -0.39 is 0 Å². The molecule has 0 spiro atoms. The van der Waals surface area contributed by atoms with Crippen LogP contribution < -0.4 is 15.4 Å². The summed E-state index contributed by atoms with van der Waals surface area (Å²) in [5.74, 6) is 0.961. The van der Waals surface area contributed by atoms with Gasteiger partial charge in [0.25, 0.3) is 5.56 Å². The van der Waals surface area contributed by atoms with Gasteiger partial charge in [-0.25, -0.2) is 14.6 Å². The summed E-state index contributed by atoms with van der Waals surface area (Å²) in [4.78, 5) is 25.8. The van der Waals surface area contributed by atoms with Crippen LogP contribution in [0.25, 0.3) is 10.2 Å². The van der Waals surface area contributed by atoms with Crippen molar-refractivity contribution >= 4 is 33.1 Å². The highest BCUT2D eigenvalue weighted by atomic mass is 32.1. The minimum absolute atomic E-state index is 0.0879. The number of likely N-dealkylation sites (N-methyl/N-ethyl adjacent to an activating group) is 1. The number of aryl methyl sites for hydroxylation is 1. The zero-order valence-corrected chi connectivity index (χ0v) is 13.7. The lowest BCUT2D eigenvalue weighted by Gasteiger charge is -2.45. The number of nitrogens with zero attached hydrogens (tertiary/aromatic N) is 6. The number of fused-ring (bicyclic) bond motifs is 1. The summed E-state index contributed by atoms with van der Waals surface area (Å²) in [7, 11) is 3.71. The molecule has 1 aliphatic heterocycles. The van der Waals surface area contributed by atoms with Gasteiger partial charge < -0.3 is 9.80 Å². The van der Waals surface area contributed by atoms with E-state index in [0.29, 0.717) is 6.04 Å². The lowest BCUT2D eigenvalue weighted by molar-refractivity contribution is 0.492. The number of rotatable bonds is 3. The molecule has 1 saturated heterocycles. The molecule has 0 amide bonds. The van der Waals surface area contributed by atoms with Crippen LogP contribution in [0.15, 0.2) is 34.8 Å². The summed E-state index contributed by atoms with van der Waals surface area (Å²) in [6.45, 7) is 1.70. The Labute approximate surface area is 136 Å². The first kappa shape index (κ1) is 14.1. The first-order chi connectivity index (χ1) is 11.1. The summed E-state index contributed by atoms with van der Waals surface area (Å²) in [5, 5.41) is 7.20. The van der Waals surface area contributed by atoms with Gasteiger partial charge in [-0.2, -0.15) is 5.10 Å². The van der Waals surface area contributed by atoms with Gasteiger partial charge in [0.15, 0.2) is 0 Å². The molecule has 23 heavy (non-hydrogen) atoms. The van der Waals surface area contributed by atoms with Crippen molar-refractivity contribution in [2.24, 2.45) is 7.05 Å². The van der Waals surface area contributed by atoms with Gasteiger partial charge in [-0.1, -0.05) is 0 Å². The van der Waals surface area contributed by atoms with Crippen molar-refractivity contribution in [1.29, 1.82) is 0 Å². The average Bonchev–Trinajstić information content (AvgIpc) is 2.97. The molecule has 3 aromatic rings. The van der Waals surface area contributed by atoms with Crippen LogP contribution in [0, 0.1) is 0 Å². The minimum atomic E-state index is -0.0879. The maximum absolute atomic E-state index is 11.7. The number of hydrogen-bond donors (Lipinski definition) is 0. The van der Waals surface area contributed by atoms with Crippen LogP contribution in [-0.4, -0.2) is 45.9 Å². The highest BCUT2D eigenvalue weighted by molar-refractivity contribution is 7.16. The predicted molar refractivity (Wildman–Crippen MR) is 91.3 cm³/mol. The molecular formula is C15H16N6OS. The van der Waals surface area contributed by atoms with E-state index in [1.165, 1.54) is 4.68 Å². The Morgan fingerprint density at radius 3 is 2.96 bits per heavy atom. The molecule has 118 valence electrons. The smallest absolute Gasteiger partial charge is 0.268 e. The van der Waals surface area contributed by atoms with Crippen LogP contribution >= 0.6 is 11.3 Å². The van der Waals surface area contributed by atoms with E-state index in [2.05, 4.69) is 38.0 Å². The Morgan fingerprint density at radius 1 is 1.35 bits per heavy atom. The standard InChI is InChI=1S/C15H16N6OS/c1-19(14-12-3-4-23-15(12)17-9-16-14)11-7-21(8-11)10-5-13(22)20(2)18-6-10/h3-6,9,11H,7-8H2,1-2H3. The monoisotopic (exact) mass is 328 g/mol. The lowest BCUT2D eigenvalue weighted by Crippen LogP contribution is -2.59. The maximum atomic E-state index is 11.7. The minimum Gasteiger partial charge on any atom is -0.366 e. The second-order valence-corrected chi connectivity index (χ2v) is 6.58. The SMILES string of the molecule is CN(c1ncnc2sccc12)C1CN(c2cnn(C)c(=O)c2)C1. The molecule has 4 rings (SSSR count). The van der Waals surface area contributed by atoms with Crippen LogP contribution in [0.2, 0.25) is 0 Å². The van der Waals surface area contributed by atoms with E-state index in [9.17, 15) is 4.79 Å². The van der Waals surface area contributed by atoms with Gasteiger partial charge in [-0.3, -0.25) is 4.79 Å². The second-order valence-electron chi connectivity index (χ2n) is 5.68. The van der Waals surface area contributed by atoms with Crippen molar-refractivity contribution < 1.29 is 0 Å². The maximum Gasteiger partial charge on any atom is 0.268 e. The highest BCUT2D eigenvalue weighted by Crippen LogP contribution is 2.30. The van der Waals surface area contributed by atoms with E-state index in [-0.39, 0.29) is 5.56 Å². The van der Waals surface area contributed by atoms with Crippen molar-refractivity contribution in [3.05, 3.63) is 40.4 Å². The number of thiophene rings is 1. The van der Waals surface area contributed by atoms with Gasteiger partial charge in [0, 0.05) is 33.3 Å². The summed E-state index contributed by atoms with van der Waals surface area (Å²) in [5.41, 5.74) is 0.788. The summed E-state index contributed by atoms with van der Waals surface area (Å²) in [6, 6.07) is 4.05. The first-order valence-corrected chi connectivity index (χ1v) is 8.21. The van der Waals surface area contributed by atoms with Crippen molar-refractivity contribution in [2.75, 3.05) is 29.9 Å². The van der Waals surface area contributed by atoms with Crippen molar-refractivity contribution in [2.45, 2.75) is 6.04 Å². The average molecular weight is 328 g/mol. The second kappa shape index (κ2) is 5.31. The van der Waals surface area contributed by atoms with Crippen LogP contribution in [0.4, 0.5) is 11.5 Å². The summed E-state index contributed by atoms with van der Waals surface area (Å²) < 4.78 is 1.33. The van der Waals surface area contributed by atoms with Crippen LogP contribution in [0.1, 0.15) is 0 Å². The molecule has 8 heteroatoms. The van der Waals surface area contributed by atoms with E-state index in [0.717, 1.165) is 34.8 Å². The fourth-order valence-electron chi connectivity index (χ4n) is 2.77. The molecule has 0 saturated carbocycles. The van der Waals surface area contributed by atoms with Gasteiger partial charge in [0.2, 0.25) is 0 Å². The normalized spacial score (nSPS) is 15.0. The van der Waals surface area contributed by atoms with E-state index in [4.69, 9.17) is 0 Å². The van der Waals surface area contributed by atoms with Crippen LogP contribution in [0.3, 0.4) is 0 Å². The highest BCUT2D eigenvalue weighted by Gasteiger charge is 2.32. The molecule has 0 N–H and O–H groups in total. The number of aromatic nitrogens is 4. The van der Waals surface area contributed by atoms with E-state index in [1.54, 1.807) is 37.0 Å². The fraction of sp³-hybridized carbons (Fsp3) is 0.333. The van der Waals surface area contributed by atoms with Gasteiger partial charge in [0.1, 0.15) is 17.0 Å². The number of anilines is 2. The topological polar surface area (TPSA) is 67.2 Å². The summed E-state index contributed by atoms with van der Waals surface area (Å²) >= 11 is 1.62. The Kier molecular flexibility index (Phi) is 3.26. The lowest BCUT2D eigenvalue weighted by atomic mass is 10.1. The van der Waals surface area contributed by atoms with E-state index >= 15 is 0 Å². The Hall–Kier alpha value is -2.48. The Bertz CT molecular complexity index is 913. The zero-order chi connectivity index (χ0) is 16.0. The Balaban J connectivity index is 1.52. The largest absolute Gasteiger partial charge is 0.366 e. The fourth-order valence-corrected chi connectivity index (χ4v) is 3.50. The molecule has 0 atom stereocenters. The quantitative estimate of drug-likeness (QED) is 0.717. The zero-order valence-electron chi connectivity index (χ0n) is 12.9. The molecule has 1 fully saturated rings. The van der Waals surface area contributed by atoms with Gasteiger partial charge >= 0.3 is 0 Å². The van der Waals surface area contributed by atoms with Crippen molar-refractivity contribution in [3.63, 3.8) is 0 Å². The molecule has 3 aromatic heterocycles. The molecule has 0 aliphatic carbocycles. The first-order valence-electron chi connectivity index (χ1n) is 7.33. The van der Waals surface area contributed by atoms with Gasteiger partial charge in [0.05, 0.1) is 23.3 Å². The van der Waals surface area contributed by atoms with Gasteiger partial charge in [-0.05, 0) is 11.4 Å². The third-order valence-electron chi connectivity index (χ3n) is 4.30. The molecule has 1 aliphatic rings. The van der Waals surface area contributed by atoms with Crippen LogP contribution in [0.5, 0.6) is 0 Å². The van der Waals surface area contributed by atoms with E-state index in [1.807, 2.05) is 5.38 Å². The molecule has 0 aromatic carbocycles. The third kappa shape index (κ3) is 2.35. The van der Waals surface area contributed by atoms with Crippen molar-refractivity contribution in [3.8, 4) is 0 Å². The molecule has 0 radical (unpaired) electrons. The molecular weight excluding hydrogens is 312 g/mol. The van der Waals surface area contributed by atoms with Gasteiger partial charge in [-0.15, -0.1) is 11.3 Å². The van der Waals surface area contributed by atoms with Crippen LogP contribution in [-0.2, 0) is 7.05 Å². The molecule has 0 bridgehead atoms. The summed E-state index contributed by atoms with van der Waals surface area (Å²) in [6.07, 6.45) is 3.35. The van der Waals surface area contributed by atoms with Crippen molar-refractivity contribution in [1.82, 2.24) is 19.7 Å².